The zero-order chi connectivity index (χ0) is 21.3. The summed E-state index contributed by atoms with van der Waals surface area (Å²) in [5.74, 6) is 0.364. The third-order valence-corrected chi connectivity index (χ3v) is 6.06. The van der Waals surface area contributed by atoms with E-state index in [1.807, 2.05) is 18.7 Å². The quantitative estimate of drug-likeness (QED) is 0.794. The molecule has 0 saturated carbocycles. The Kier molecular flexibility index (Phi) is 5.83. The predicted molar refractivity (Wildman–Crippen MR) is 110 cm³/mol. The molecule has 0 radical (unpaired) electrons. The lowest BCUT2D eigenvalue weighted by atomic mass is 9.99. The summed E-state index contributed by atoms with van der Waals surface area (Å²) in [6.07, 6.45) is 3.28. The molecular formula is C22H29N3O5. The van der Waals surface area contributed by atoms with Gasteiger partial charge in [-0.25, -0.2) is 0 Å². The largest absolute Gasteiger partial charge is 0.454 e. The first-order valence-corrected chi connectivity index (χ1v) is 10.7. The normalized spacial score (nSPS) is 21.8. The second kappa shape index (κ2) is 8.53. The highest BCUT2D eigenvalue weighted by atomic mass is 16.7. The Labute approximate surface area is 176 Å². The minimum Gasteiger partial charge on any atom is -0.454 e. The molecule has 1 N–H and O–H groups in total. The second-order valence-corrected chi connectivity index (χ2v) is 8.56. The van der Waals surface area contributed by atoms with Gasteiger partial charge in [-0.1, -0.05) is 13.8 Å². The smallest absolute Gasteiger partial charge is 0.245 e. The van der Waals surface area contributed by atoms with E-state index in [1.54, 1.807) is 23.1 Å². The van der Waals surface area contributed by atoms with Gasteiger partial charge >= 0.3 is 0 Å². The Hall–Kier alpha value is -2.77. The molecule has 3 aliphatic heterocycles. The van der Waals surface area contributed by atoms with Crippen LogP contribution in [0.5, 0.6) is 11.5 Å². The third kappa shape index (κ3) is 4.08. The maximum Gasteiger partial charge on any atom is 0.245 e. The number of anilines is 1. The van der Waals surface area contributed by atoms with Crippen molar-refractivity contribution in [3.63, 3.8) is 0 Å². The molecule has 2 atom stereocenters. The number of carbonyl (C=O) groups excluding carboxylic acids is 3. The zero-order valence-corrected chi connectivity index (χ0v) is 17.6. The van der Waals surface area contributed by atoms with E-state index in [4.69, 9.17) is 9.47 Å². The summed E-state index contributed by atoms with van der Waals surface area (Å²) in [4.78, 5) is 42.0. The molecule has 2 fully saturated rings. The van der Waals surface area contributed by atoms with Crippen molar-refractivity contribution in [2.24, 2.45) is 11.8 Å². The Balaban J connectivity index is 1.41. The summed E-state index contributed by atoms with van der Waals surface area (Å²) >= 11 is 0. The summed E-state index contributed by atoms with van der Waals surface area (Å²) in [6.45, 7) is 5.82. The number of amides is 3. The van der Waals surface area contributed by atoms with Gasteiger partial charge in [-0.05, 0) is 37.3 Å². The topological polar surface area (TPSA) is 88.2 Å². The van der Waals surface area contributed by atoms with Crippen molar-refractivity contribution >= 4 is 23.4 Å². The van der Waals surface area contributed by atoms with Crippen molar-refractivity contribution in [2.75, 3.05) is 31.3 Å². The Morgan fingerprint density at radius 3 is 2.57 bits per heavy atom. The summed E-state index contributed by atoms with van der Waals surface area (Å²) in [5.41, 5.74) is 0.685. The first kappa shape index (κ1) is 20.5. The van der Waals surface area contributed by atoms with Crippen LogP contribution in [0, 0.1) is 11.8 Å². The van der Waals surface area contributed by atoms with Crippen LogP contribution in [0.1, 0.15) is 39.5 Å². The van der Waals surface area contributed by atoms with Gasteiger partial charge in [-0.2, -0.15) is 0 Å². The van der Waals surface area contributed by atoms with Crippen molar-refractivity contribution < 1.29 is 23.9 Å². The number of likely N-dealkylation sites (tertiary alicyclic amines) is 1. The van der Waals surface area contributed by atoms with E-state index >= 15 is 0 Å². The summed E-state index contributed by atoms with van der Waals surface area (Å²) in [5, 5.41) is 2.94. The van der Waals surface area contributed by atoms with E-state index < -0.39 is 12.0 Å². The SMILES string of the molecule is CC(C)C(NC(=O)C1CC(=O)N(c2ccc3c(c2)OCO3)C1)C(=O)N1CCCCC1. The number of hydrogen-bond donors (Lipinski definition) is 1. The van der Waals surface area contributed by atoms with Gasteiger partial charge in [0, 0.05) is 37.8 Å². The highest BCUT2D eigenvalue weighted by molar-refractivity contribution is 6.01. The van der Waals surface area contributed by atoms with Crippen molar-refractivity contribution in [1.82, 2.24) is 10.2 Å². The summed E-state index contributed by atoms with van der Waals surface area (Å²) in [7, 11) is 0. The van der Waals surface area contributed by atoms with E-state index in [1.165, 1.54) is 0 Å². The third-order valence-electron chi connectivity index (χ3n) is 6.06. The molecule has 162 valence electrons. The Morgan fingerprint density at radius 2 is 1.83 bits per heavy atom. The van der Waals surface area contributed by atoms with Crippen LogP contribution in [-0.2, 0) is 14.4 Å². The van der Waals surface area contributed by atoms with Crippen LogP contribution in [0.4, 0.5) is 5.69 Å². The molecule has 8 heteroatoms. The average molecular weight is 415 g/mol. The van der Waals surface area contributed by atoms with Crippen molar-refractivity contribution in [3.05, 3.63) is 18.2 Å². The molecule has 0 bridgehead atoms. The minimum absolute atomic E-state index is 0.0185. The number of carbonyl (C=O) groups is 3. The van der Waals surface area contributed by atoms with Crippen molar-refractivity contribution in [2.45, 2.75) is 45.6 Å². The maximum absolute atomic E-state index is 13.0. The Morgan fingerprint density at radius 1 is 1.10 bits per heavy atom. The lowest BCUT2D eigenvalue weighted by molar-refractivity contribution is -0.139. The fraction of sp³-hybridized carbons (Fsp3) is 0.591. The molecule has 3 amide bonds. The number of hydrogen-bond acceptors (Lipinski definition) is 5. The van der Waals surface area contributed by atoms with Crippen LogP contribution in [0.15, 0.2) is 18.2 Å². The van der Waals surface area contributed by atoms with Gasteiger partial charge in [0.05, 0.1) is 5.92 Å². The molecule has 2 unspecified atom stereocenters. The van der Waals surface area contributed by atoms with Gasteiger partial charge in [-0.15, -0.1) is 0 Å². The number of fused-ring (bicyclic) bond motifs is 1. The van der Waals surface area contributed by atoms with Crippen molar-refractivity contribution in [1.29, 1.82) is 0 Å². The standard InChI is InChI=1S/C22H29N3O5/c1-14(2)20(22(28)24-8-4-3-5-9-24)23-21(27)15-10-19(26)25(12-15)16-6-7-17-18(11-16)30-13-29-17/h6-7,11,14-15,20H,3-5,8-10,12-13H2,1-2H3,(H,23,27). The minimum atomic E-state index is -0.565. The van der Waals surface area contributed by atoms with Gasteiger partial charge in [0.2, 0.25) is 24.5 Å². The molecule has 0 aromatic heterocycles. The van der Waals surface area contributed by atoms with E-state index in [0.717, 1.165) is 32.4 Å². The van der Waals surface area contributed by atoms with E-state index in [9.17, 15) is 14.4 Å². The molecule has 3 heterocycles. The van der Waals surface area contributed by atoms with Crippen LogP contribution >= 0.6 is 0 Å². The number of piperidine rings is 1. The van der Waals surface area contributed by atoms with Crippen LogP contribution < -0.4 is 19.7 Å². The monoisotopic (exact) mass is 415 g/mol. The zero-order valence-electron chi connectivity index (χ0n) is 17.6. The maximum atomic E-state index is 13.0. The fourth-order valence-electron chi connectivity index (χ4n) is 4.28. The summed E-state index contributed by atoms with van der Waals surface area (Å²) < 4.78 is 10.7. The predicted octanol–water partition coefficient (Wildman–Crippen LogP) is 1.92. The number of rotatable bonds is 5. The molecule has 8 nitrogen and oxygen atoms in total. The molecule has 2 saturated heterocycles. The van der Waals surface area contributed by atoms with Crippen LogP contribution in [0.25, 0.3) is 0 Å². The molecule has 3 aliphatic rings. The molecule has 1 aromatic rings. The van der Waals surface area contributed by atoms with E-state index in [0.29, 0.717) is 17.2 Å². The second-order valence-electron chi connectivity index (χ2n) is 8.56. The molecule has 1 aromatic carbocycles. The lowest BCUT2D eigenvalue weighted by Crippen LogP contribution is -2.53. The average Bonchev–Trinajstić information content (AvgIpc) is 3.37. The molecule has 0 spiro atoms. The molecule has 0 aliphatic carbocycles. The highest BCUT2D eigenvalue weighted by Crippen LogP contribution is 2.37. The molecular weight excluding hydrogens is 386 g/mol. The Bertz CT molecular complexity index is 834. The number of benzene rings is 1. The first-order valence-electron chi connectivity index (χ1n) is 10.7. The van der Waals surface area contributed by atoms with Crippen molar-refractivity contribution in [3.8, 4) is 11.5 Å². The van der Waals surface area contributed by atoms with Gasteiger partial charge in [0.25, 0.3) is 0 Å². The highest BCUT2D eigenvalue weighted by Gasteiger charge is 2.38. The molecule has 4 rings (SSSR count). The fourth-order valence-corrected chi connectivity index (χ4v) is 4.28. The van der Waals surface area contributed by atoms with Gasteiger partial charge < -0.3 is 24.6 Å². The van der Waals surface area contributed by atoms with Gasteiger partial charge in [0.1, 0.15) is 6.04 Å². The first-order chi connectivity index (χ1) is 14.4. The van der Waals surface area contributed by atoms with Crippen LogP contribution in [0.3, 0.4) is 0 Å². The lowest BCUT2D eigenvalue weighted by Gasteiger charge is -2.32. The number of nitrogens with zero attached hydrogens (tertiary/aromatic N) is 2. The molecule has 30 heavy (non-hydrogen) atoms. The van der Waals surface area contributed by atoms with E-state index in [2.05, 4.69) is 5.32 Å². The van der Waals surface area contributed by atoms with E-state index in [-0.39, 0.29) is 43.4 Å². The van der Waals surface area contributed by atoms with Gasteiger partial charge in [0.15, 0.2) is 11.5 Å². The van der Waals surface area contributed by atoms with Crippen LogP contribution in [0.2, 0.25) is 0 Å². The number of ether oxygens (including phenoxy) is 2. The van der Waals surface area contributed by atoms with Gasteiger partial charge in [-0.3, -0.25) is 14.4 Å². The number of nitrogens with one attached hydrogen (secondary N) is 1. The summed E-state index contributed by atoms with van der Waals surface area (Å²) in [6, 6.07) is 4.76. The van der Waals surface area contributed by atoms with Crippen LogP contribution in [-0.4, -0.2) is 55.1 Å².